The Kier molecular flexibility index (Phi) is 4.40. The number of hydrogen-bond acceptors (Lipinski definition) is 4. The number of rotatable bonds is 3. The summed E-state index contributed by atoms with van der Waals surface area (Å²) in [6.45, 7) is 5.06. The van der Waals surface area contributed by atoms with Gasteiger partial charge in [0.05, 0.1) is 12.2 Å². The molecule has 1 aliphatic rings. The van der Waals surface area contributed by atoms with Crippen LogP contribution in [0.2, 0.25) is 0 Å². The second-order valence-corrected chi connectivity index (χ2v) is 6.08. The number of hydrogen-bond donors (Lipinski definition) is 1. The van der Waals surface area contributed by atoms with Gasteiger partial charge in [-0.1, -0.05) is 12.1 Å². The van der Waals surface area contributed by atoms with Crippen LogP contribution in [0.1, 0.15) is 34.8 Å². The lowest BCUT2D eigenvalue weighted by molar-refractivity contribution is -0.0586. The minimum atomic E-state index is -0.621. The van der Waals surface area contributed by atoms with Crippen molar-refractivity contribution < 1.29 is 18.7 Å². The molecule has 24 heavy (non-hydrogen) atoms. The molecule has 0 radical (unpaired) electrons. The first kappa shape index (κ1) is 16.3. The van der Waals surface area contributed by atoms with Gasteiger partial charge in [0.15, 0.2) is 5.76 Å². The number of ether oxygens (including phenoxy) is 1. The number of amides is 2. The van der Waals surface area contributed by atoms with Crippen molar-refractivity contribution in [3.8, 4) is 11.3 Å². The van der Waals surface area contributed by atoms with E-state index in [1.807, 2.05) is 19.9 Å². The Balaban J connectivity index is 1.84. The second kappa shape index (κ2) is 6.49. The van der Waals surface area contributed by atoms with Crippen molar-refractivity contribution in [3.63, 3.8) is 0 Å². The topological polar surface area (TPSA) is 85.8 Å². The summed E-state index contributed by atoms with van der Waals surface area (Å²) in [4.78, 5) is 25.7. The van der Waals surface area contributed by atoms with Gasteiger partial charge in [0.2, 0.25) is 0 Å². The van der Waals surface area contributed by atoms with Crippen LogP contribution in [0.5, 0.6) is 0 Å². The van der Waals surface area contributed by atoms with Crippen molar-refractivity contribution >= 4 is 11.8 Å². The predicted octanol–water partition coefficient (Wildman–Crippen LogP) is 2.29. The van der Waals surface area contributed by atoms with Gasteiger partial charge in [-0.05, 0) is 38.1 Å². The van der Waals surface area contributed by atoms with E-state index in [0.717, 1.165) is 5.56 Å². The molecule has 0 spiro atoms. The molecule has 6 nitrogen and oxygen atoms in total. The third-order valence-corrected chi connectivity index (χ3v) is 3.95. The summed E-state index contributed by atoms with van der Waals surface area (Å²) >= 11 is 0. The van der Waals surface area contributed by atoms with Gasteiger partial charge in [0.1, 0.15) is 5.76 Å². The van der Waals surface area contributed by atoms with Crippen LogP contribution in [0.3, 0.4) is 0 Å². The SMILES string of the molecule is CC1CN(C(=O)c2cccc(-c3ccc(C(N)=O)o3)c2)CC(C)O1. The van der Waals surface area contributed by atoms with E-state index in [9.17, 15) is 9.59 Å². The highest BCUT2D eigenvalue weighted by molar-refractivity contribution is 5.95. The van der Waals surface area contributed by atoms with Crippen LogP contribution in [-0.4, -0.2) is 42.0 Å². The number of carbonyl (C=O) groups is 2. The van der Waals surface area contributed by atoms with Crippen molar-refractivity contribution in [1.29, 1.82) is 0 Å². The molecule has 6 heteroatoms. The summed E-state index contributed by atoms with van der Waals surface area (Å²) in [6, 6.07) is 10.3. The van der Waals surface area contributed by atoms with Gasteiger partial charge < -0.3 is 19.8 Å². The highest BCUT2D eigenvalue weighted by Crippen LogP contribution is 2.24. The van der Waals surface area contributed by atoms with Gasteiger partial charge in [0.25, 0.3) is 11.8 Å². The molecule has 2 heterocycles. The molecule has 1 aliphatic heterocycles. The van der Waals surface area contributed by atoms with Crippen molar-refractivity contribution in [2.45, 2.75) is 26.1 Å². The Labute approximate surface area is 140 Å². The zero-order valence-corrected chi connectivity index (χ0v) is 13.7. The molecule has 2 N–H and O–H groups in total. The van der Waals surface area contributed by atoms with Crippen molar-refractivity contribution in [2.24, 2.45) is 5.73 Å². The van der Waals surface area contributed by atoms with Gasteiger partial charge in [-0.15, -0.1) is 0 Å². The predicted molar refractivity (Wildman–Crippen MR) is 88.6 cm³/mol. The molecule has 1 aromatic heterocycles. The van der Waals surface area contributed by atoms with Gasteiger partial charge >= 0.3 is 0 Å². The Morgan fingerprint density at radius 2 is 1.83 bits per heavy atom. The van der Waals surface area contributed by atoms with E-state index >= 15 is 0 Å². The maximum atomic E-state index is 12.8. The molecular weight excluding hydrogens is 308 g/mol. The maximum absolute atomic E-state index is 12.8. The van der Waals surface area contributed by atoms with E-state index in [1.54, 1.807) is 29.2 Å². The number of carbonyl (C=O) groups excluding carboxylic acids is 2. The summed E-state index contributed by atoms with van der Waals surface area (Å²) < 4.78 is 11.1. The maximum Gasteiger partial charge on any atom is 0.284 e. The van der Waals surface area contributed by atoms with Crippen LogP contribution in [0.25, 0.3) is 11.3 Å². The van der Waals surface area contributed by atoms with E-state index in [1.165, 1.54) is 6.07 Å². The number of furan rings is 1. The smallest absolute Gasteiger partial charge is 0.284 e. The summed E-state index contributed by atoms with van der Waals surface area (Å²) in [5, 5.41) is 0. The van der Waals surface area contributed by atoms with Crippen LogP contribution in [0, 0.1) is 0 Å². The molecular formula is C18H20N2O4. The van der Waals surface area contributed by atoms with Crippen LogP contribution >= 0.6 is 0 Å². The Hall–Kier alpha value is -2.60. The first-order valence-electron chi connectivity index (χ1n) is 7.89. The monoisotopic (exact) mass is 328 g/mol. The van der Waals surface area contributed by atoms with Crippen LogP contribution < -0.4 is 5.73 Å². The third-order valence-electron chi connectivity index (χ3n) is 3.95. The number of primary amides is 1. The average Bonchev–Trinajstić information content (AvgIpc) is 3.03. The summed E-state index contributed by atoms with van der Waals surface area (Å²) in [7, 11) is 0. The normalized spacial score (nSPS) is 20.8. The quantitative estimate of drug-likeness (QED) is 0.936. The fourth-order valence-corrected chi connectivity index (χ4v) is 2.96. The van der Waals surface area contributed by atoms with E-state index in [0.29, 0.717) is 24.4 Å². The molecule has 0 bridgehead atoms. The Morgan fingerprint density at radius 1 is 1.12 bits per heavy atom. The Morgan fingerprint density at radius 3 is 2.46 bits per heavy atom. The van der Waals surface area contributed by atoms with Gasteiger partial charge in [0, 0.05) is 24.2 Å². The lowest BCUT2D eigenvalue weighted by Crippen LogP contribution is -2.48. The largest absolute Gasteiger partial charge is 0.451 e. The number of nitrogens with zero attached hydrogens (tertiary/aromatic N) is 1. The summed E-state index contributed by atoms with van der Waals surface area (Å²) in [6.07, 6.45) is 0.0353. The average molecular weight is 328 g/mol. The molecule has 0 aliphatic carbocycles. The number of nitrogens with two attached hydrogens (primary N) is 1. The molecule has 2 aromatic rings. The zero-order chi connectivity index (χ0) is 17.3. The van der Waals surface area contributed by atoms with Gasteiger partial charge in [-0.2, -0.15) is 0 Å². The van der Waals surface area contributed by atoms with Crippen molar-refractivity contribution in [3.05, 3.63) is 47.7 Å². The van der Waals surface area contributed by atoms with Crippen LogP contribution in [0.4, 0.5) is 0 Å². The van der Waals surface area contributed by atoms with Gasteiger partial charge in [-0.25, -0.2) is 0 Å². The molecule has 1 fully saturated rings. The molecule has 3 rings (SSSR count). The third kappa shape index (κ3) is 3.33. The van der Waals surface area contributed by atoms with Gasteiger partial charge in [-0.3, -0.25) is 9.59 Å². The second-order valence-electron chi connectivity index (χ2n) is 6.08. The molecule has 126 valence electrons. The van der Waals surface area contributed by atoms with Crippen molar-refractivity contribution in [1.82, 2.24) is 4.90 Å². The molecule has 1 aromatic carbocycles. The number of benzene rings is 1. The highest BCUT2D eigenvalue weighted by Gasteiger charge is 2.26. The minimum Gasteiger partial charge on any atom is -0.451 e. The Bertz CT molecular complexity index is 758. The fourth-order valence-electron chi connectivity index (χ4n) is 2.96. The van der Waals surface area contributed by atoms with E-state index in [2.05, 4.69) is 0 Å². The lowest BCUT2D eigenvalue weighted by Gasteiger charge is -2.35. The van der Waals surface area contributed by atoms with E-state index < -0.39 is 5.91 Å². The lowest BCUT2D eigenvalue weighted by atomic mass is 10.1. The molecule has 0 saturated carbocycles. The summed E-state index contributed by atoms with van der Waals surface area (Å²) in [5.74, 6) is -0.0648. The van der Waals surface area contributed by atoms with Crippen LogP contribution in [0.15, 0.2) is 40.8 Å². The van der Waals surface area contributed by atoms with E-state index in [4.69, 9.17) is 14.9 Å². The molecule has 2 atom stereocenters. The van der Waals surface area contributed by atoms with E-state index in [-0.39, 0.29) is 23.9 Å². The standard InChI is InChI=1S/C18H20N2O4/c1-11-9-20(10-12(2)23-11)18(22)14-5-3-4-13(8-14)15-6-7-16(24-15)17(19)21/h3-8,11-12H,9-10H2,1-2H3,(H2,19,21). The minimum absolute atomic E-state index is 0.0177. The zero-order valence-electron chi connectivity index (χ0n) is 13.7. The number of morpholine rings is 1. The first-order chi connectivity index (χ1) is 11.4. The first-order valence-corrected chi connectivity index (χ1v) is 7.89. The van der Waals surface area contributed by atoms with Crippen molar-refractivity contribution in [2.75, 3.05) is 13.1 Å². The molecule has 2 unspecified atom stereocenters. The highest BCUT2D eigenvalue weighted by atomic mass is 16.5. The summed E-state index contributed by atoms with van der Waals surface area (Å²) in [5.41, 5.74) is 6.50. The van der Waals surface area contributed by atoms with Crippen LogP contribution in [-0.2, 0) is 4.74 Å². The fraction of sp³-hybridized carbons (Fsp3) is 0.333. The molecule has 2 amide bonds. The molecule has 1 saturated heterocycles.